The predicted molar refractivity (Wildman–Crippen MR) is 44.4 cm³/mol. The topological polar surface area (TPSA) is 0 Å². The number of allylic oxidation sites excluding steroid dienone is 1. The van der Waals surface area contributed by atoms with E-state index in [1.165, 1.54) is 6.42 Å². The van der Waals surface area contributed by atoms with Crippen molar-refractivity contribution in [3.63, 3.8) is 0 Å². The number of hydrogen-bond donors (Lipinski definition) is 0. The molecule has 0 aromatic rings. The minimum Gasteiger partial charge on any atom is -0.130 e. The molecule has 0 saturated heterocycles. The molecule has 1 aliphatic carbocycles. The average Bonchev–Trinajstić information content (AvgIpc) is 2.08. The molecule has 0 bridgehead atoms. The zero-order valence-corrected chi connectivity index (χ0v) is 7.44. The van der Waals surface area contributed by atoms with Crippen LogP contribution in [0, 0.1) is 0 Å². The average molecular weight is 138 g/mol. The van der Waals surface area contributed by atoms with Crippen molar-refractivity contribution in [2.45, 2.75) is 31.6 Å². The lowest BCUT2D eigenvalue weighted by Gasteiger charge is -2.21. The molecule has 1 atom stereocenters. The first-order chi connectivity index (χ1) is 4.11. The normalized spacial score (nSPS) is 25.4. The third-order valence-electron chi connectivity index (χ3n) is 1.90. The van der Waals surface area contributed by atoms with Crippen molar-refractivity contribution in [1.82, 2.24) is 0 Å². The summed E-state index contributed by atoms with van der Waals surface area (Å²) in [5, 5.41) is 0. The Balaban J connectivity index is 2.57. The molecule has 1 unspecified atom stereocenters. The SMILES string of the molecule is C[Si](C)(C)C1C=C=CC1. The maximum Gasteiger partial charge on any atom is 0.0526 e. The van der Waals surface area contributed by atoms with Crippen LogP contribution in [-0.2, 0) is 0 Å². The first kappa shape index (κ1) is 6.85. The summed E-state index contributed by atoms with van der Waals surface area (Å²) in [6.07, 6.45) is 5.64. The molecule has 0 N–H and O–H groups in total. The molecule has 0 fully saturated rings. The van der Waals surface area contributed by atoms with Crippen LogP contribution in [-0.4, -0.2) is 8.07 Å². The third-order valence-corrected chi connectivity index (χ3v) is 4.53. The summed E-state index contributed by atoms with van der Waals surface area (Å²) in [4.78, 5) is 0. The van der Waals surface area contributed by atoms with Crippen molar-refractivity contribution >= 4 is 8.07 Å². The maximum atomic E-state index is 3.16. The quantitative estimate of drug-likeness (QED) is 0.386. The lowest BCUT2D eigenvalue weighted by atomic mass is 10.4. The summed E-state index contributed by atoms with van der Waals surface area (Å²) in [6, 6.07) is 0. The Morgan fingerprint density at radius 3 is 2.33 bits per heavy atom. The molecule has 0 aromatic carbocycles. The molecule has 0 heterocycles. The molecule has 1 aliphatic rings. The predicted octanol–water partition coefficient (Wildman–Crippen LogP) is 2.81. The Hall–Kier alpha value is -0.263. The highest BCUT2D eigenvalue weighted by molar-refractivity contribution is 6.78. The van der Waals surface area contributed by atoms with Crippen molar-refractivity contribution < 1.29 is 0 Å². The van der Waals surface area contributed by atoms with Crippen LogP contribution in [0.3, 0.4) is 0 Å². The lowest BCUT2D eigenvalue weighted by Crippen LogP contribution is -2.25. The molecular formula is C8H14Si. The minimum absolute atomic E-state index is 0.859. The molecule has 0 aliphatic heterocycles. The van der Waals surface area contributed by atoms with E-state index in [0.717, 1.165) is 5.54 Å². The highest BCUT2D eigenvalue weighted by Crippen LogP contribution is 2.29. The van der Waals surface area contributed by atoms with Crippen LogP contribution < -0.4 is 0 Å². The van der Waals surface area contributed by atoms with E-state index in [1.807, 2.05) is 0 Å². The first-order valence-electron chi connectivity index (χ1n) is 3.52. The van der Waals surface area contributed by atoms with Crippen LogP contribution in [0.1, 0.15) is 6.42 Å². The van der Waals surface area contributed by atoms with Gasteiger partial charge < -0.3 is 0 Å². The Bertz CT molecular complexity index is 156. The van der Waals surface area contributed by atoms with Crippen molar-refractivity contribution in [2.75, 3.05) is 0 Å². The smallest absolute Gasteiger partial charge is 0.0526 e. The second-order valence-electron chi connectivity index (χ2n) is 3.75. The van der Waals surface area contributed by atoms with E-state index in [-0.39, 0.29) is 0 Å². The van der Waals surface area contributed by atoms with Gasteiger partial charge in [-0.3, -0.25) is 0 Å². The molecule has 0 nitrogen and oxygen atoms in total. The molecule has 0 saturated carbocycles. The van der Waals surface area contributed by atoms with Crippen molar-refractivity contribution in [2.24, 2.45) is 0 Å². The first-order valence-corrected chi connectivity index (χ1v) is 7.09. The Labute approximate surface area is 58.3 Å². The van der Waals surface area contributed by atoms with Gasteiger partial charge in [-0.15, -0.1) is 5.73 Å². The van der Waals surface area contributed by atoms with Crippen LogP contribution in [0.4, 0.5) is 0 Å². The summed E-state index contributed by atoms with van der Waals surface area (Å²) in [5.74, 6) is 0. The van der Waals surface area contributed by atoms with Crippen molar-refractivity contribution in [3.05, 3.63) is 17.9 Å². The summed E-state index contributed by atoms with van der Waals surface area (Å²) < 4.78 is 0. The maximum absolute atomic E-state index is 3.16. The Morgan fingerprint density at radius 2 is 2.11 bits per heavy atom. The van der Waals surface area contributed by atoms with Gasteiger partial charge in [-0.05, 0) is 24.1 Å². The van der Waals surface area contributed by atoms with Gasteiger partial charge in [0.15, 0.2) is 0 Å². The van der Waals surface area contributed by atoms with E-state index in [1.54, 1.807) is 0 Å². The number of rotatable bonds is 1. The largest absolute Gasteiger partial charge is 0.130 e. The van der Waals surface area contributed by atoms with E-state index in [2.05, 4.69) is 37.5 Å². The van der Waals surface area contributed by atoms with Gasteiger partial charge >= 0.3 is 0 Å². The number of hydrogen-bond acceptors (Lipinski definition) is 0. The van der Waals surface area contributed by atoms with Crippen LogP contribution in [0.25, 0.3) is 0 Å². The fraction of sp³-hybridized carbons (Fsp3) is 0.625. The fourth-order valence-electron chi connectivity index (χ4n) is 1.05. The lowest BCUT2D eigenvalue weighted by molar-refractivity contribution is 1.02. The van der Waals surface area contributed by atoms with E-state index >= 15 is 0 Å². The van der Waals surface area contributed by atoms with Crippen LogP contribution >= 0.6 is 0 Å². The fourth-order valence-corrected chi connectivity index (χ4v) is 2.47. The second kappa shape index (κ2) is 2.16. The van der Waals surface area contributed by atoms with E-state index in [4.69, 9.17) is 0 Å². The van der Waals surface area contributed by atoms with Gasteiger partial charge in [0.2, 0.25) is 0 Å². The van der Waals surface area contributed by atoms with Crippen molar-refractivity contribution in [3.8, 4) is 0 Å². The molecule has 50 valence electrons. The molecule has 0 spiro atoms. The monoisotopic (exact) mass is 138 g/mol. The van der Waals surface area contributed by atoms with Crippen LogP contribution in [0.15, 0.2) is 17.9 Å². The van der Waals surface area contributed by atoms with Crippen LogP contribution in [0.2, 0.25) is 25.2 Å². The van der Waals surface area contributed by atoms with Gasteiger partial charge in [0, 0.05) is 0 Å². The second-order valence-corrected chi connectivity index (χ2v) is 9.22. The standard InChI is InChI=1S/C8H14Si/c1-9(2,3)8-6-4-5-7-8/h4,7-8H,6H2,1-3H3. The Kier molecular flexibility index (Phi) is 1.65. The van der Waals surface area contributed by atoms with Gasteiger partial charge in [0.1, 0.15) is 0 Å². The van der Waals surface area contributed by atoms with E-state index < -0.39 is 8.07 Å². The summed E-state index contributed by atoms with van der Waals surface area (Å²) >= 11 is 0. The molecule has 1 rings (SSSR count). The van der Waals surface area contributed by atoms with Gasteiger partial charge in [-0.2, -0.15) is 0 Å². The van der Waals surface area contributed by atoms with E-state index in [9.17, 15) is 0 Å². The zero-order valence-electron chi connectivity index (χ0n) is 6.44. The summed E-state index contributed by atoms with van der Waals surface area (Å²) in [5.41, 5.74) is 4.02. The third kappa shape index (κ3) is 1.57. The highest BCUT2D eigenvalue weighted by Gasteiger charge is 2.24. The molecule has 0 aromatic heterocycles. The molecule has 0 radical (unpaired) electrons. The van der Waals surface area contributed by atoms with Gasteiger partial charge in [0.25, 0.3) is 0 Å². The van der Waals surface area contributed by atoms with Crippen molar-refractivity contribution in [1.29, 1.82) is 0 Å². The molecule has 0 amide bonds. The zero-order chi connectivity index (χ0) is 6.91. The highest BCUT2D eigenvalue weighted by atomic mass is 28.3. The molecular weight excluding hydrogens is 124 g/mol. The molecule has 1 heteroatoms. The van der Waals surface area contributed by atoms with Gasteiger partial charge in [-0.1, -0.05) is 19.6 Å². The summed E-state index contributed by atoms with van der Waals surface area (Å²) in [7, 11) is -0.873. The minimum atomic E-state index is -0.873. The van der Waals surface area contributed by atoms with Crippen LogP contribution in [0.5, 0.6) is 0 Å². The van der Waals surface area contributed by atoms with Gasteiger partial charge in [0.05, 0.1) is 8.07 Å². The van der Waals surface area contributed by atoms with E-state index in [0.29, 0.717) is 0 Å². The van der Waals surface area contributed by atoms with Gasteiger partial charge in [-0.25, -0.2) is 0 Å². The summed E-state index contributed by atoms with van der Waals surface area (Å²) in [6.45, 7) is 7.24. The molecule has 9 heavy (non-hydrogen) atoms. The Morgan fingerprint density at radius 1 is 1.44 bits per heavy atom.